The summed E-state index contributed by atoms with van der Waals surface area (Å²) >= 11 is 0. The molecule has 176 valence electrons. The zero-order valence-electron chi connectivity index (χ0n) is 19.8. The Labute approximate surface area is 189 Å². The molecule has 0 saturated heterocycles. The van der Waals surface area contributed by atoms with Crippen LogP contribution >= 0.6 is 0 Å². The number of amides is 2. The smallest absolute Gasteiger partial charge is 0.408 e. The second-order valence-corrected chi connectivity index (χ2v) is 9.28. The number of nitrogens with zero attached hydrogens (tertiary/aromatic N) is 1. The van der Waals surface area contributed by atoms with Crippen molar-refractivity contribution in [2.24, 2.45) is 18.9 Å². The maximum absolute atomic E-state index is 12.9. The Morgan fingerprint density at radius 1 is 1.19 bits per heavy atom. The topological polar surface area (TPSA) is 110 Å². The average molecular weight is 446 g/mol. The molecule has 0 bridgehead atoms. The molecule has 32 heavy (non-hydrogen) atoms. The molecule has 0 fully saturated rings. The van der Waals surface area contributed by atoms with Gasteiger partial charge >= 0.3 is 12.1 Å². The highest BCUT2D eigenvalue weighted by Gasteiger charge is 2.29. The zero-order valence-corrected chi connectivity index (χ0v) is 19.8. The highest BCUT2D eigenvalue weighted by molar-refractivity contribution is 5.87. The first kappa shape index (κ1) is 25.2. The van der Waals surface area contributed by atoms with Gasteiger partial charge in [-0.2, -0.15) is 0 Å². The molecule has 0 radical (unpaired) electrons. The number of aromatic nitrogens is 1. The summed E-state index contributed by atoms with van der Waals surface area (Å²) in [7, 11) is 1.92. The second-order valence-electron chi connectivity index (χ2n) is 9.28. The Morgan fingerprint density at radius 3 is 2.44 bits per heavy atom. The van der Waals surface area contributed by atoms with Crippen molar-refractivity contribution in [2.45, 2.75) is 59.1 Å². The van der Waals surface area contributed by atoms with Crippen LogP contribution in [-0.4, -0.2) is 45.8 Å². The van der Waals surface area contributed by atoms with E-state index < -0.39 is 35.5 Å². The standard InChI is InChI=1S/C24H35N3O5/c1-7-15(2)20(26-23(31)32-24(3,4)5)21(28)25-13-16(22(29)30)12-17-14-27(6)19-11-9-8-10-18(17)19/h8-11,14-16,20H,7,12-13H2,1-6H3,(H,25,28)(H,26,31)(H,29,30)/t15-,16?,20-/m0/s1. The first-order chi connectivity index (χ1) is 14.9. The van der Waals surface area contributed by atoms with Gasteiger partial charge in [0.15, 0.2) is 0 Å². The molecule has 2 aromatic rings. The summed E-state index contributed by atoms with van der Waals surface area (Å²) < 4.78 is 7.24. The predicted molar refractivity (Wildman–Crippen MR) is 123 cm³/mol. The molecule has 0 saturated carbocycles. The average Bonchev–Trinajstić information content (AvgIpc) is 3.02. The van der Waals surface area contributed by atoms with Crippen molar-refractivity contribution in [2.75, 3.05) is 6.54 Å². The fourth-order valence-corrected chi connectivity index (χ4v) is 3.57. The molecule has 1 aromatic carbocycles. The molecular weight excluding hydrogens is 410 g/mol. The quantitative estimate of drug-likeness (QED) is 0.547. The van der Waals surface area contributed by atoms with Crippen LogP contribution in [0.15, 0.2) is 30.5 Å². The van der Waals surface area contributed by atoms with Crippen LogP contribution in [0.1, 0.15) is 46.6 Å². The minimum absolute atomic E-state index is 0.0413. The number of carbonyl (C=O) groups is 3. The number of para-hydroxylation sites is 1. The minimum atomic E-state index is -0.988. The second kappa shape index (κ2) is 10.5. The molecule has 1 aromatic heterocycles. The molecule has 0 spiro atoms. The molecule has 0 aliphatic rings. The number of benzene rings is 1. The normalized spacial score (nSPS) is 14.4. The number of carboxylic acids is 1. The molecule has 2 rings (SSSR count). The molecular formula is C24H35N3O5. The molecule has 0 aliphatic heterocycles. The number of carbonyl (C=O) groups excluding carboxylic acids is 2. The summed E-state index contributed by atoms with van der Waals surface area (Å²) in [6.45, 7) is 8.97. The van der Waals surface area contributed by atoms with Gasteiger partial charge in [0.2, 0.25) is 5.91 Å². The maximum Gasteiger partial charge on any atom is 0.408 e. The summed E-state index contributed by atoms with van der Waals surface area (Å²) in [5, 5.41) is 16.1. The Hall–Kier alpha value is -3.03. The monoisotopic (exact) mass is 445 g/mol. The van der Waals surface area contributed by atoms with E-state index in [-0.39, 0.29) is 18.9 Å². The third-order valence-corrected chi connectivity index (χ3v) is 5.49. The predicted octanol–water partition coefficient (Wildman–Crippen LogP) is 3.48. The molecule has 1 unspecified atom stereocenters. The number of nitrogens with one attached hydrogen (secondary N) is 2. The van der Waals surface area contributed by atoms with Gasteiger partial charge in [-0.3, -0.25) is 9.59 Å². The van der Waals surface area contributed by atoms with Crippen molar-refractivity contribution < 1.29 is 24.2 Å². The number of hydrogen-bond acceptors (Lipinski definition) is 4. The number of ether oxygens (including phenoxy) is 1. The van der Waals surface area contributed by atoms with Gasteiger partial charge in [0.05, 0.1) is 5.92 Å². The van der Waals surface area contributed by atoms with Crippen molar-refractivity contribution in [3.63, 3.8) is 0 Å². The summed E-state index contributed by atoms with van der Waals surface area (Å²) in [5.41, 5.74) is 1.25. The van der Waals surface area contributed by atoms with Crippen molar-refractivity contribution >= 4 is 28.9 Å². The summed E-state index contributed by atoms with van der Waals surface area (Å²) in [6.07, 6.45) is 2.19. The fourth-order valence-electron chi connectivity index (χ4n) is 3.57. The van der Waals surface area contributed by atoms with Crippen LogP contribution in [-0.2, 0) is 27.8 Å². The van der Waals surface area contributed by atoms with E-state index in [2.05, 4.69) is 10.6 Å². The van der Waals surface area contributed by atoms with Gasteiger partial charge in [-0.15, -0.1) is 0 Å². The van der Waals surface area contributed by atoms with E-state index in [0.29, 0.717) is 6.42 Å². The van der Waals surface area contributed by atoms with Gasteiger partial charge in [-0.25, -0.2) is 4.79 Å². The van der Waals surface area contributed by atoms with Crippen molar-refractivity contribution in [1.29, 1.82) is 0 Å². The van der Waals surface area contributed by atoms with Crippen LogP contribution < -0.4 is 10.6 Å². The van der Waals surface area contributed by atoms with Crippen molar-refractivity contribution in [3.8, 4) is 0 Å². The maximum atomic E-state index is 12.9. The zero-order chi connectivity index (χ0) is 24.1. The van der Waals surface area contributed by atoms with E-state index in [1.165, 1.54) is 0 Å². The molecule has 1 heterocycles. The Balaban J connectivity index is 2.09. The number of aryl methyl sites for hydroxylation is 1. The van der Waals surface area contributed by atoms with Crippen LogP contribution in [0.5, 0.6) is 0 Å². The Kier molecular flexibility index (Phi) is 8.30. The lowest BCUT2D eigenvalue weighted by molar-refractivity contribution is -0.141. The fraction of sp³-hybridized carbons (Fsp3) is 0.542. The van der Waals surface area contributed by atoms with Crippen molar-refractivity contribution in [3.05, 3.63) is 36.0 Å². The number of aliphatic carboxylic acids is 1. The number of alkyl carbamates (subject to hydrolysis) is 1. The number of carboxylic acid groups (broad SMARTS) is 1. The summed E-state index contributed by atoms with van der Waals surface area (Å²) in [5.74, 6) is -2.36. The van der Waals surface area contributed by atoms with Gasteiger partial charge in [0, 0.05) is 30.7 Å². The first-order valence-corrected chi connectivity index (χ1v) is 11.0. The molecule has 8 nitrogen and oxygen atoms in total. The van der Waals surface area contributed by atoms with Gasteiger partial charge in [0.1, 0.15) is 11.6 Å². The highest BCUT2D eigenvalue weighted by Crippen LogP contribution is 2.23. The molecule has 2 amide bonds. The van der Waals surface area contributed by atoms with E-state index >= 15 is 0 Å². The molecule has 0 aliphatic carbocycles. The van der Waals surface area contributed by atoms with E-state index in [1.54, 1.807) is 20.8 Å². The van der Waals surface area contributed by atoms with Crippen LogP contribution in [0.4, 0.5) is 4.79 Å². The number of fused-ring (bicyclic) bond motifs is 1. The minimum Gasteiger partial charge on any atom is -0.481 e. The molecule has 8 heteroatoms. The summed E-state index contributed by atoms with van der Waals surface area (Å²) in [6, 6.07) is 6.99. The van der Waals surface area contributed by atoms with Crippen LogP contribution in [0.3, 0.4) is 0 Å². The molecule has 3 atom stereocenters. The van der Waals surface area contributed by atoms with Gasteiger partial charge in [-0.05, 0) is 44.7 Å². The SMILES string of the molecule is CC[C@H](C)[C@H](NC(=O)OC(C)(C)C)C(=O)NCC(Cc1cn(C)c2ccccc12)C(=O)O. The van der Waals surface area contributed by atoms with Gasteiger partial charge in [-0.1, -0.05) is 38.5 Å². The number of hydrogen-bond donors (Lipinski definition) is 3. The highest BCUT2D eigenvalue weighted by atomic mass is 16.6. The largest absolute Gasteiger partial charge is 0.481 e. The molecule has 3 N–H and O–H groups in total. The third-order valence-electron chi connectivity index (χ3n) is 5.49. The van der Waals surface area contributed by atoms with Crippen LogP contribution in [0.25, 0.3) is 10.9 Å². The third kappa shape index (κ3) is 6.73. The van der Waals surface area contributed by atoms with Crippen LogP contribution in [0.2, 0.25) is 0 Å². The summed E-state index contributed by atoms with van der Waals surface area (Å²) in [4.78, 5) is 37.0. The van der Waals surface area contributed by atoms with Crippen molar-refractivity contribution in [1.82, 2.24) is 15.2 Å². The van der Waals surface area contributed by atoms with E-state index in [0.717, 1.165) is 16.5 Å². The number of rotatable bonds is 9. The Morgan fingerprint density at radius 2 is 1.84 bits per heavy atom. The first-order valence-electron chi connectivity index (χ1n) is 11.0. The lowest BCUT2D eigenvalue weighted by Gasteiger charge is -2.26. The van der Waals surface area contributed by atoms with Gasteiger partial charge in [0.25, 0.3) is 0 Å². The lowest BCUT2D eigenvalue weighted by Crippen LogP contribution is -2.52. The van der Waals surface area contributed by atoms with E-state index in [1.807, 2.05) is 55.9 Å². The van der Waals surface area contributed by atoms with Crippen LogP contribution in [0, 0.1) is 11.8 Å². The van der Waals surface area contributed by atoms with Gasteiger partial charge < -0.3 is 25.0 Å². The Bertz CT molecular complexity index is 960. The van der Waals surface area contributed by atoms with E-state index in [9.17, 15) is 19.5 Å². The lowest BCUT2D eigenvalue weighted by atomic mass is 9.96. The van der Waals surface area contributed by atoms with E-state index in [4.69, 9.17) is 4.74 Å².